The molecule has 0 spiro atoms. The molecule has 21 heavy (non-hydrogen) atoms. The number of sulfonamides is 1. The Morgan fingerprint density at radius 1 is 1.38 bits per heavy atom. The molecule has 0 bridgehead atoms. The van der Waals surface area contributed by atoms with E-state index >= 15 is 0 Å². The molecule has 0 radical (unpaired) electrons. The van der Waals surface area contributed by atoms with Crippen LogP contribution in [0.2, 0.25) is 0 Å². The van der Waals surface area contributed by atoms with E-state index in [-0.39, 0.29) is 12.1 Å². The van der Waals surface area contributed by atoms with Crippen LogP contribution >= 0.6 is 0 Å². The maximum absolute atomic E-state index is 12.8. The fraction of sp³-hybridized carbons (Fsp3) is 0.733. The van der Waals surface area contributed by atoms with Gasteiger partial charge in [0.1, 0.15) is 4.90 Å². The Hall–Kier alpha value is -0.850. The zero-order chi connectivity index (χ0) is 15.6. The van der Waals surface area contributed by atoms with Gasteiger partial charge in [0.05, 0.1) is 0 Å². The summed E-state index contributed by atoms with van der Waals surface area (Å²) >= 11 is 0. The van der Waals surface area contributed by atoms with Gasteiger partial charge in [-0.25, -0.2) is 8.42 Å². The number of hydrogen-bond donors (Lipinski definition) is 1. The molecule has 0 saturated heterocycles. The number of aromatic nitrogens is 1. The smallest absolute Gasteiger partial charge is 0.244 e. The van der Waals surface area contributed by atoms with E-state index in [1.165, 1.54) is 0 Å². The predicted molar refractivity (Wildman–Crippen MR) is 84.8 cm³/mol. The Morgan fingerprint density at radius 3 is 2.52 bits per heavy atom. The summed E-state index contributed by atoms with van der Waals surface area (Å²) in [4.78, 5) is 0.413. The van der Waals surface area contributed by atoms with E-state index in [1.807, 2.05) is 11.6 Å². The highest BCUT2D eigenvalue weighted by atomic mass is 32.2. The van der Waals surface area contributed by atoms with Gasteiger partial charge in [0.2, 0.25) is 10.0 Å². The van der Waals surface area contributed by atoms with E-state index in [1.54, 1.807) is 23.6 Å². The lowest BCUT2D eigenvalue weighted by Crippen LogP contribution is -2.35. The topological polar surface area (TPSA) is 54.3 Å². The molecule has 1 N–H and O–H groups in total. The zero-order valence-electron chi connectivity index (χ0n) is 13.5. The molecule has 1 aliphatic carbocycles. The van der Waals surface area contributed by atoms with Crippen LogP contribution < -0.4 is 5.32 Å². The van der Waals surface area contributed by atoms with Gasteiger partial charge in [-0.3, -0.25) is 0 Å². The molecule has 1 saturated carbocycles. The Morgan fingerprint density at radius 2 is 2.00 bits per heavy atom. The Bertz CT molecular complexity index is 572. The van der Waals surface area contributed by atoms with Crippen LogP contribution in [0.5, 0.6) is 0 Å². The van der Waals surface area contributed by atoms with Crippen molar-refractivity contribution in [3.63, 3.8) is 0 Å². The molecule has 0 unspecified atom stereocenters. The summed E-state index contributed by atoms with van der Waals surface area (Å²) in [5.41, 5.74) is 1.01. The molecule has 5 nitrogen and oxygen atoms in total. The van der Waals surface area contributed by atoms with Gasteiger partial charge in [-0.05, 0) is 39.8 Å². The van der Waals surface area contributed by atoms with Crippen LogP contribution in [0, 0.1) is 0 Å². The average molecular weight is 313 g/mol. The Kier molecular flexibility index (Phi) is 5.11. The molecule has 1 fully saturated rings. The summed E-state index contributed by atoms with van der Waals surface area (Å²) in [5.74, 6) is 0. The number of nitrogens with one attached hydrogen (secondary N) is 1. The van der Waals surface area contributed by atoms with Gasteiger partial charge in [0.15, 0.2) is 0 Å². The molecule has 0 aliphatic heterocycles. The first-order valence-electron chi connectivity index (χ1n) is 7.71. The van der Waals surface area contributed by atoms with Crippen molar-refractivity contribution < 1.29 is 8.42 Å². The van der Waals surface area contributed by atoms with E-state index in [9.17, 15) is 8.42 Å². The largest absolute Gasteiger partial charge is 0.346 e. The Labute approximate surface area is 128 Å². The fourth-order valence-corrected chi connectivity index (χ4v) is 4.54. The molecule has 1 aliphatic rings. The maximum atomic E-state index is 12.8. The molecule has 1 aromatic rings. The van der Waals surface area contributed by atoms with E-state index < -0.39 is 10.0 Å². The van der Waals surface area contributed by atoms with E-state index in [0.717, 1.165) is 31.4 Å². The van der Waals surface area contributed by atoms with Gasteiger partial charge < -0.3 is 9.88 Å². The minimum absolute atomic E-state index is 0.158. The lowest BCUT2D eigenvalue weighted by molar-refractivity contribution is 0.373. The average Bonchev–Trinajstić information content (AvgIpc) is 3.07. The van der Waals surface area contributed by atoms with Gasteiger partial charge in [-0.2, -0.15) is 4.31 Å². The van der Waals surface area contributed by atoms with Crippen LogP contribution in [0.25, 0.3) is 0 Å². The van der Waals surface area contributed by atoms with Crippen LogP contribution in [0.1, 0.15) is 51.3 Å². The van der Waals surface area contributed by atoms with Crippen molar-refractivity contribution in [2.45, 2.75) is 63.1 Å². The van der Waals surface area contributed by atoms with Crippen LogP contribution in [-0.2, 0) is 16.6 Å². The first-order chi connectivity index (χ1) is 9.87. The quantitative estimate of drug-likeness (QED) is 0.877. The van der Waals surface area contributed by atoms with Crippen LogP contribution in [0.4, 0.5) is 0 Å². The molecule has 0 atom stereocenters. The summed E-state index contributed by atoms with van der Waals surface area (Å²) in [6.07, 6.45) is 5.98. The normalized spacial score (nSPS) is 17.2. The second-order valence-electron chi connectivity index (χ2n) is 6.16. The SMILES string of the molecule is CNCc1cc(S(=O)(=O)N(C)C2CCCC2)cn1C(C)C. The standard InChI is InChI=1S/C15H27N3O2S/c1-12(2)18-11-15(9-14(18)10-16-3)21(19,20)17(4)13-7-5-6-8-13/h9,11-13,16H,5-8,10H2,1-4H3. The summed E-state index contributed by atoms with van der Waals surface area (Å²) in [6.45, 7) is 4.80. The summed E-state index contributed by atoms with van der Waals surface area (Å²) in [7, 11) is 0.198. The van der Waals surface area contributed by atoms with Crippen molar-refractivity contribution >= 4 is 10.0 Å². The molecule has 1 heterocycles. The van der Waals surface area contributed by atoms with Crippen molar-refractivity contribution in [1.29, 1.82) is 0 Å². The Balaban J connectivity index is 2.33. The minimum Gasteiger partial charge on any atom is -0.346 e. The summed E-state index contributed by atoms with van der Waals surface area (Å²) in [6, 6.07) is 2.20. The first-order valence-corrected chi connectivity index (χ1v) is 9.15. The molecular formula is C15H27N3O2S. The van der Waals surface area contributed by atoms with Crippen LogP contribution in [-0.4, -0.2) is 37.4 Å². The molecule has 1 aromatic heterocycles. The zero-order valence-corrected chi connectivity index (χ0v) is 14.3. The predicted octanol–water partition coefficient (Wildman–Crippen LogP) is 2.35. The highest BCUT2D eigenvalue weighted by Crippen LogP contribution is 2.28. The number of hydrogen-bond acceptors (Lipinski definition) is 3. The summed E-state index contributed by atoms with van der Waals surface area (Å²) in [5, 5.41) is 3.10. The molecule has 120 valence electrons. The first kappa shape index (κ1) is 16.5. The van der Waals surface area contributed by atoms with Gasteiger partial charge >= 0.3 is 0 Å². The van der Waals surface area contributed by atoms with Crippen molar-refractivity contribution in [1.82, 2.24) is 14.2 Å². The second-order valence-corrected chi connectivity index (χ2v) is 8.16. The van der Waals surface area contributed by atoms with Crippen molar-refractivity contribution in [2.24, 2.45) is 0 Å². The van der Waals surface area contributed by atoms with Gasteiger partial charge in [-0.15, -0.1) is 0 Å². The minimum atomic E-state index is -3.39. The molecule has 0 amide bonds. The van der Waals surface area contributed by atoms with Gasteiger partial charge in [-0.1, -0.05) is 12.8 Å². The molecular weight excluding hydrogens is 286 g/mol. The molecule has 0 aromatic carbocycles. The van der Waals surface area contributed by atoms with Crippen LogP contribution in [0.3, 0.4) is 0 Å². The molecule has 2 rings (SSSR count). The van der Waals surface area contributed by atoms with Gasteiger partial charge in [0.25, 0.3) is 0 Å². The van der Waals surface area contributed by atoms with Crippen molar-refractivity contribution in [3.8, 4) is 0 Å². The number of nitrogens with zero attached hydrogens (tertiary/aromatic N) is 2. The van der Waals surface area contributed by atoms with Crippen molar-refractivity contribution in [2.75, 3.05) is 14.1 Å². The second kappa shape index (κ2) is 6.50. The monoisotopic (exact) mass is 313 g/mol. The third-order valence-electron chi connectivity index (χ3n) is 4.34. The third kappa shape index (κ3) is 3.33. The molecule has 6 heteroatoms. The number of rotatable bonds is 6. The maximum Gasteiger partial charge on any atom is 0.244 e. The highest BCUT2D eigenvalue weighted by Gasteiger charge is 2.31. The summed E-state index contributed by atoms with van der Waals surface area (Å²) < 4.78 is 29.2. The van der Waals surface area contributed by atoms with Crippen molar-refractivity contribution in [3.05, 3.63) is 18.0 Å². The highest BCUT2D eigenvalue weighted by molar-refractivity contribution is 7.89. The lowest BCUT2D eigenvalue weighted by atomic mass is 10.3. The van der Waals surface area contributed by atoms with E-state index in [0.29, 0.717) is 11.4 Å². The van der Waals surface area contributed by atoms with E-state index in [2.05, 4.69) is 19.2 Å². The fourth-order valence-electron chi connectivity index (χ4n) is 3.07. The van der Waals surface area contributed by atoms with Gasteiger partial charge in [0, 0.05) is 37.6 Å². The lowest BCUT2D eigenvalue weighted by Gasteiger charge is -2.23. The van der Waals surface area contributed by atoms with Crippen LogP contribution in [0.15, 0.2) is 17.2 Å². The van der Waals surface area contributed by atoms with E-state index in [4.69, 9.17) is 0 Å². The third-order valence-corrected chi connectivity index (χ3v) is 6.21.